The molecule has 1 aromatic rings. The molecule has 2 N–H and O–H groups in total. The normalized spacial score (nSPS) is 19.0. The molecule has 1 saturated carbocycles. The Bertz CT molecular complexity index is 634. The number of hydrogen-bond donors (Lipinski definition) is 2. The van der Waals surface area contributed by atoms with E-state index < -0.39 is 0 Å². The molecule has 0 aromatic carbocycles. The van der Waals surface area contributed by atoms with Crippen LogP contribution >= 0.6 is 11.3 Å². The van der Waals surface area contributed by atoms with Crippen LogP contribution in [0.15, 0.2) is 11.2 Å². The third kappa shape index (κ3) is 5.90. The van der Waals surface area contributed by atoms with Crippen LogP contribution in [0.5, 0.6) is 0 Å². The standard InChI is InChI=1S/C19H32N6OS/c1-15-14-23-17(27-15)6-7-21-19(20-2)22-8-9-24-10-12-25(13-11-24)18(26)16-4-3-5-16/h14,16H,3-13H2,1-2H3,(H2,20,21,22). The van der Waals surface area contributed by atoms with Crippen molar-refractivity contribution in [2.24, 2.45) is 10.9 Å². The van der Waals surface area contributed by atoms with E-state index >= 15 is 0 Å². The highest BCUT2D eigenvalue weighted by atomic mass is 32.1. The molecule has 2 aliphatic rings. The Morgan fingerprint density at radius 3 is 2.59 bits per heavy atom. The summed E-state index contributed by atoms with van der Waals surface area (Å²) in [5.74, 6) is 1.54. The molecule has 0 radical (unpaired) electrons. The second-order valence-electron chi connectivity index (χ2n) is 7.34. The van der Waals surface area contributed by atoms with Gasteiger partial charge in [-0.05, 0) is 19.8 Å². The third-order valence-corrected chi connectivity index (χ3v) is 6.36. The van der Waals surface area contributed by atoms with Crippen LogP contribution in [0.4, 0.5) is 0 Å². The number of aryl methyl sites for hydroxylation is 1. The first-order chi connectivity index (χ1) is 13.2. The maximum atomic E-state index is 12.3. The highest BCUT2D eigenvalue weighted by Crippen LogP contribution is 2.28. The lowest BCUT2D eigenvalue weighted by Gasteiger charge is -2.38. The number of hydrogen-bond acceptors (Lipinski definition) is 5. The van der Waals surface area contributed by atoms with Crippen molar-refractivity contribution < 1.29 is 4.79 Å². The van der Waals surface area contributed by atoms with Gasteiger partial charge in [0.1, 0.15) is 0 Å². The zero-order valence-corrected chi connectivity index (χ0v) is 17.4. The van der Waals surface area contributed by atoms with Gasteiger partial charge in [0.2, 0.25) is 5.91 Å². The van der Waals surface area contributed by atoms with Crippen molar-refractivity contribution in [2.75, 3.05) is 52.9 Å². The number of rotatable bonds is 7. The molecular formula is C19H32N6OS. The highest BCUT2D eigenvalue weighted by Gasteiger charge is 2.30. The molecule has 1 amide bonds. The fourth-order valence-corrected chi connectivity index (χ4v) is 4.25. The van der Waals surface area contributed by atoms with Gasteiger partial charge in [0.25, 0.3) is 0 Å². The van der Waals surface area contributed by atoms with E-state index in [4.69, 9.17) is 0 Å². The van der Waals surface area contributed by atoms with Gasteiger partial charge in [0.05, 0.1) is 5.01 Å². The van der Waals surface area contributed by atoms with E-state index in [1.807, 2.05) is 6.20 Å². The number of carbonyl (C=O) groups is 1. The van der Waals surface area contributed by atoms with Gasteiger partial charge in [-0.15, -0.1) is 11.3 Å². The molecule has 1 aliphatic heterocycles. The van der Waals surface area contributed by atoms with Crippen LogP contribution < -0.4 is 10.6 Å². The Balaban J connectivity index is 1.28. The van der Waals surface area contributed by atoms with Crippen molar-refractivity contribution in [3.8, 4) is 0 Å². The van der Waals surface area contributed by atoms with Gasteiger partial charge in [-0.3, -0.25) is 14.7 Å². The molecule has 1 saturated heterocycles. The summed E-state index contributed by atoms with van der Waals surface area (Å²) in [6, 6.07) is 0. The van der Waals surface area contributed by atoms with Gasteiger partial charge in [-0.1, -0.05) is 6.42 Å². The van der Waals surface area contributed by atoms with Crippen molar-refractivity contribution in [1.82, 2.24) is 25.4 Å². The van der Waals surface area contributed by atoms with Crippen molar-refractivity contribution >= 4 is 23.2 Å². The molecule has 0 bridgehead atoms. The van der Waals surface area contributed by atoms with E-state index in [0.717, 1.165) is 76.0 Å². The van der Waals surface area contributed by atoms with Crippen LogP contribution in [-0.2, 0) is 11.2 Å². The van der Waals surface area contributed by atoms with Crippen molar-refractivity contribution in [2.45, 2.75) is 32.6 Å². The lowest BCUT2D eigenvalue weighted by Crippen LogP contribution is -2.52. The first kappa shape index (κ1) is 20.1. The number of guanidine groups is 1. The lowest BCUT2D eigenvalue weighted by atomic mass is 9.84. The fraction of sp³-hybridized carbons (Fsp3) is 0.737. The van der Waals surface area contributed by atoms with Gasteiger partial charge in [0, 0.05) is 76.3 Å². The summed E-state index contributed by atoms with van der Waals surface area (Å²) in [4.78, 5) is 26.7. The third-order valence-electron chi connectivity index (χ3n) is 5.38. The Labute approximate surface area is 166 Å². The quantitative estimate of drug-likeness (QED) is 0.537. The molecule has 0 atom stereocenters. The molecule has 2 heterocycles. The molecule has 1 aromatic heterocycles. The molecule has 0 unspecified atom stereocenters. The van der Waals surface area contributed by atoms with Gasteiger partial charge in [-0.25, -0.2) is 4.98 Å². The first-order valence-electron chi connectivity index (χ1n) is 10.0. The van der Waals surface area contributed by atoms with Crippen LogP contribution in [0.3, 0.4) is 0 Å². The van der Waals surface area contributed by atoms with E-state index in [9.17, 15) is 4.79 Å². The van der Waals surface area contributed by atoms with E-state index in [1.165, 1.54) is 11.3 Å². The molecule has 150 valence electrons. The number of amides is 1. The number of aliphatic imine (C=N–C) groups is 1. The molecule has 1 aliphatic carbocycles. The summed E-state index contributed by atoms with van der Waals surface area (Å²) in [6.45, 7) is 8.41. The minimum Gasteiger partial charge on any atom is -0.356 e. The van der Waals surface area contributed by atoms with Crippen molar-refractivity contribution in [1.29, 1.82) is 0 Å². The molecule has 3 rings (SSSR count). The predicted molar refractivity (Wildman–Crippen MR) is 110 cm³/mol. The summed E-state index contributed by atoms with van der Waals surface area (Å²) in [5, 5.41) is 7.88. The SMILES string of the molecule is CN=C(NCCc1ncc(C)s1)NCCN1CCN(C(=O)C2CCC2)CC1. The summed E-state index contributed by atoms with van der Waals surface area (Å²) in [7, 11) is 1.80. The molecule has 2 fully saturated rings. The largest absolute Gasteiger partial charge is 0.356 e. The summed E-state index contributed by atoms with van der Waals surface area (Å²) < 4.78 is 0. The van der Waals surface area contributed by atoms with Crippen LogP contribution in [0.2, 0.25) is 0 Å². The lowest BCUT2D eigenvalue weighted by molar-refractivity contribution is -0.139. The number of nitrogens with one attached hydrogen (secondary N) is 2. The monoisotopic (exact) mass is 392 g/mol. The summed E-state index contributed by atoms with van der Waals surface area (Å²) in [5.41, 5.74) is 0. The number of carbonyl (C=O) groups excluding carboxylic acids is 1. The fourth-order valence-electron chi connectivity index (χ4n) is 3.46. The second-order valence-corrected chi connectivity index (χ2v) is 8.65. The van der Waals surface area contributed by atoms with Crippen molar-refractivity contribution in [3.05, 3.63) is 16.1 Å². The van der Waals surface area contributed by atoms with Gasteiger partial charge >= 0.3 is 0 Å². The summed E-state index contributed by atoms with van der Waals surface area (Å²) in [6.07, 6.45) is 6.25. The number of piperazine rings is 1. The van der Waals surface area contributed by atoms with E-state index in [2.05, 4.69) is 37.3 Å². The Morgan fingerprint density at radius 2 is 2.00 bits per heavy atom. The second kappa shape index (κ2) is 10.0. The number of thiazole rings is 1. The van der Waals surface area contributed by atoms with E-state index in [-0.39, 0.29) is 0 Å². The molecule has 0 spiro atoms. The van der Waals surface area contributed by atoms with Crippen molar-refractivity contribution in [3.63, 3.8) is 0 Å². The molecule has 8 heteroatoms. The van der Waals surface area contributed by atoms with E-state index in [0.29, 0.717) is 11.8 Å². The van der Waals surface area contributed by atoms with Gasteiger partial charge in [0.15, 0.2) is 5.96 Å². The Hall–Kier alpha value is -1.67. The Morgan fingerprint density at radius 1 is 1.26 bits per heavy atom. The molecular weight excluding hydrogens is 360 g/mol. The maximum Gasteiger partial charge on any atom is 0.225 e. The van der Waals surface area contributed by atoms with Gasteiger partial charge < -0.3 is 15.5 Å². The maximum absolute atomic E-state index is 12.3. The summed E-state index contributed by atoms with van der Waals surface area (Å²) >= 11 is 1.75. The zero-order valence-electron chi connectivity index (χ0n) is 16.5. The molecule has 7 nitrogen and oxygen atoms in total. The smallest absolute Gasteiger partial charge is 0.225 e. The Kier molecular flexibility index (Phi) is 7.46. The average molecular weight is 393 g/mol. The topological polar surface area (TPSA) is 72.9 Å². The van der Waals surface area contributed by atoms with Crippen LogP contribution in [0.1, 0.15) is 29.1 Å². The predicted octanol–water partition coefficient (Wildman–Crippen LogP) is 1.10. The first-order valence-corrected chi connectivity index (χ1v) is 10.8. The van der Waals surface area contributed by atoms with Crippen LogP contribution in [0.25, 0.3) is 0 Å². The molecule has 27 heavy (non-hydrogen) atoms. The van der Waals surface area contributed by atoms with Gasteiger partial charge in [-0.2, -0.15) is 0 Å². The van der Waals surface area contributed by atoms with Crippen LogP contribution in [0, 0.1) is 12.8 Å². The minimum atomic E-state index is 0.320. The van der Waals surface area contributed by atoms with E-state index in [1.54, 1.807) is 18.4 Å². The zero-order chi connectivity index (χ0) is 19.1. The highest BCUT2D eigenvalue weighted by molar-refractivity contribution is 7.11. The van der Waals surface area contributed by atoms with Crippen LogP contribution in [-0.4, -0.2) is 79.5 Å². The minimum absolute atomic E-state index is 0.320. The number of nitrogens with zero attached hydrogens (tertiary/aromatic N) is 4. The number of aromatic nitrogens is 1. The average Bonchev–Trinajstić information content (AvgIpc) is 3.04.